The lowest BCUT2D eigenvalue weighted by Gasteiger charge is -2.10. The Morgan fingerprint density at radius 3 is 2.82 bits per heavy atom. The van der Waals surface area contributed by atoms with Crippen LogP contribution in [0.25, 0.3) is 0 Å². The van der Waals surface area contributed by atoms with Gasteiger partial charge >= 0.3 is 5.97 Å². The van der Waals surface area contributed by atoms with E-state index in [1.807, 2.05) is 0 Å². The van der Waals surface area contributed by atoms with Gasteiger partial charge in [0.1, 0.15) is 6.04 Å². The van der Waals surface area contributed by atoms with Crippen molar-refractivity contribution in [3.63, 3.8) is 0 Å². The maximum absolute atomic E-state index is 11.5. The Morgan fingerprint density at radius 2 is 2.18 bits per heavy atom. The van der Waals surface area contributed by atoms with Crippen LogP contribution in [0.5, 0.6) is 0 Å². The zero-order valence-corrected chi connectivity index (χ0v) is 10.2. The third-order valence-corrected chi connectivity index (χ3v) is 2.50. The Morgan fingerprint density at radius 1 is 1.35 bits per heavy atom. The molecule has 1 heterocycles. The van der Waals surface area contributed by atoms with Crippen LogP contribution in [-0.4, -0.2) is 63.3 Å². The summed E-state index contributed by atoms with van der Waals surface area (Å²) in [5.74, 6) is -0.293. The first-order valence-corrected chi connectivity index (χ1v) is 5.89. The predicted molar refractivity (Wildman–Crippen MR) is 60.7 cm³/mol. The van der Waals surface area contributed by atoms with Gasteiger partial charge in [-0.05, 0) is 0 Å². The number of nitrogens with one attached hydrogen (secondary N) is 1. The Bertz CT molecular complexity index is 224. The first-order chi connectivity index (χ1) is 8.24. The van der Waals surface area contributed by atoms with Crippen molar-refractivity contribution in [3.8, 4) is 0 Å². The van der Waals surface area contributed by atoms with Crippen molar-refractivity contribution in [2.24, 2.45) is 0 Å². The van der Waals surface area contributed by atoms with Crippen LogP contribution in [-0.2, 0) is 19.0 Å². The molecular weight excluding hydrogens is 226 g/mol. The molecule has 0 spiro atoms. The minimum Gasteiger partial charge on any atom is -0.464 e. The van der Waals surface area contributed by atoms with Gasteiger partial charge in [-0.3, -0.25) is 4.79 Å². The van der Waals surface area contributed by atoms with Crippen LogP contribution in [0.4, 0.5) is 0 Å². The number of aliphatic hydroxyl groups is 1. The summed E-state index contributed by atoms with van der Waals surface area (Å²) in [6.07, 6.45) is 0.665. The van der Waals surface area contributed by atoms with Crippen LogP contribution in [0.2, 0.25) is 0 Å². The van der Waals surface area contributed by atoms with Gasteiger partial charge in [0.25, 0.3) is 0 Å². The van der Waals surface area contributed by atoms with Crippen LogP contribution < -0.4 is 5.32 Å². The highest BCUT2D eigenvalue weighted by Crippen LogP contribution is 2.07. The molecule has 17 heavy (non-hydrogen) atoms. The molecule has 0 aromatic heterocycles. The SMILES string of the molecule is COCCOCCCOC(=O)[C@@H]1C[C@@H](O)CN1. The van der Waals surface area contributed by atoms with Crippen molar-refractivity contribution >= 4 is 5.97 Å². The summed E-state index contributed by atoms with van der Waals surface area (Å²) in [7, 11) is 1.62. The largest absolute Gasteiger partial charge is 0.464 e. The average Bonchev–Trinajstić information content (AvgIpc) is 2.74. The number of carbonyl (C=O) groups is 1. The maximum atomic E-state index is 11.5. The normalized spacial score (nSPS) is 23.9. The summed E-state index contributed by atoms with van der Waals surface area (Å²) >= 11 is 0. The molecule has 6 heteroatoms. The average molecular weight is 247 g/mol. The number of hydrogen-bond acceptors (Lipinski definition) is 6. The highest BCUT2D eigenvalue weighted by atomic mass is 16.5. The molecule has 1 aliphatic rings. The van der Waals surface area contributed by atoms with Gasteiger partial charge in [-0.15, -0.1) is 0 Å². The molecule has 0 radical (unpaired) electrons. The van der Waals surface area contributed by atoms with Gasteiger partial charge in [0.15, 0.2) is 0 Å². The van der Waals surface area contributed by atoms with Crippen molar-refractivity contribution in [2.75, 3.05) is 40.1 Å². The Hall–Kier alpha value is -0.690. The fourth-order valence-electron chi connectivity index (χ4n) is 1.58. The number of hydrogen-bond donors (Lipinski definition) is 2. The molecule has 0 aromatic rings. The van der Waals surface area contributed by atoms with E-state index in [0.29, 0.717) is 45.8 Å². The topological polar surface area (TPSA) is 77.0 Å². The first kappa shape index (κ1) is 14.4. The van der Waals surface area contributed by atoms with Crippen LogP contribution in [0.1, 0.15) is 12.8 Å². The van der Waals surface area contributed by atoms with Crippen molar-refractivity contribution in [1.82, 2.24) is 5.32 Å². The summed E-state index contributed by atoms with van der Waals surface area (Å²) in [5.41, 5.74) is 0. The van der Waals surface area contributed by atoms with Gasteiger partial charge in [-0.1, -0.05) is 0 Å². The zero-order chi connectivity index (χ0) is 12.5. The van der Waals surface area contributed by atoms with E-state index in [0.717, 1.165) is 0 Å². The van der Waals surface area contributed by atoms with Gasteiger partial charge in [0, 0.05) is 33.1 Å². The smallest absolute Gasteiger partial charge is 0.323 e. The van der Waals surface area contributed by atoms with E-state index in [9.17, 15) is 9.90 Å². The Kier molecular flexibility index (Phi) is 7.11. The molecular formula is C11H21NO5. The summed E-state index contributed by atoms with van der Waals surface area (Å²) in [6, 6.07) is -0.362. The predicted octanol–water partition coefficient (Wildman–Crippen LogP) is -0.694. The fourth-order valence-corrected chi connectivity index (χ4v) is 1.58. The molecule has 0 bridgehead atoms. The molecule has 1 fully saturated rings. The number of rotatable bonds is 8. The molecule has 0 amide bonds. The van der Waals surface area contributed by atoms with E-state index in [-0.39, 0.29) is 12.0 Å². The zero-order valence-electron chi connectivity index (χ0n) is 10.2. The number of esters is 1. The third kappa shape index (κ3) is 5.97. The van der Waals surface area contributed by atoms with Crippen molar-refractivity contribution in [3.05, 3.63) is 0 Å². The van der Waals surface area contributed by atoms with E-state index >= 15 is 0 Å². The monoisotopic (exact) mass is 247 g/mol. The number of β-amino-alcohol motifs (C(OH)–C–C–N with tert-alkyl or cyclic N) is 1. The fraction of sp³-hybridized carbons (Fsp3) is 0.909. The molecule has 2 atom stereocenters. The summed E-state index contributed by atoms with van der Waals surface area (Å²) in [5, 5.41) is 12.1. The summed E-state index contributed by atoms with van der Waals surface area (Å²) in [4.78, 5) is 11.5. The van der Waals surface area contributed by atoms with E-state index in [1.165, 1.54) is 0 Å². The number of carbonyl (C=O) groups excluding carboxylic acids is 1. The van der Waals surface area contributed by atoms with E-state index in [1.54, 1.807) is 7.11 Å². The van der Waals surface area contributed by atoms with Crippen LogP contribution >= 0.6 is 0 Å². The molecule has 0 aromatic carbocycles. The summed E-state index contributed by atoms with van der Waals surface area (Å²) < 4.78 is 15.1. The lowest BCUT2D eigenvalue weighted by atomic mass is 10.2. The Balaban J connectivity index is 1.93. The van der Waals surface area contributed by atoms with Crippen LogP contribution in [0, 0.1) is 0 Å². The molecule has 2 N–H and O–H groups in total. The minimum atomic E-state index is -0.440. The van der Waals surface area contributed by atoms with Crippen molar-refractivity contribution in [2.45, 2.75) is 25.0 Å². The van der Waals surface area contributed by atoms with Crippen LogP contribution in [0.3, 0.4) is 0 Å². The molecule has 100 valence electrons. The molecule has 1 saturated heterocycles. The van der Waals surface area contributed by atoms with Gasteiger partial charge in [-0.2, -0.15) is 0 Å². The number of aliphatic hydroxyl groups excluding tert-OH is 1. The van der Waals surface area contributed by atoms with E-state index in [4.69, 9.17) is 14.2 Å². The van der Waals surface area contributed by atoms with Gasteiger partial charge in [0.05, 0.1) is 25.9 Å². The second-order valence-corrected chi connectivity index (χ2v) is 3.98. The second kappa shape index (κ2) is 8.41. The van der Waals surface area contributed by atoms with E-state index in [2.05, 4.69) is 5.32 Å². The lowest BCUT2D eigenvalue weighted by molar-refractivity contribution is -0.146. The van der Waals surface area contributed by atoms with Crippen molar-refractivity contribution in [1.29, 1.82) is 0 Å². The van der Waals surface area contributed by atoms with Gasteiger partial charge < -0.3 is 24.6 Å². The van der Waals surface area contributed by atoms with Crippen LogP contribution in [0.15, 0.2) is 0 Å². The molecule has 0 unspecified atom stereocenters. The third-order valence-electron chi connectivity index (χ3n) is 2.50. The number of methoxy groups -OCH3 is 1. The second-order valence-electron chi connectivity index (χ2n) is 3.98. The maximum Gasteiger partial charge on any atom is 0.323 e. The quantitative estimate of drug-likeness (QED) is 0.436. The molecule has 1 aliphatic heterocycles. The van der Waals surface area contributed by atoms with Crippen molar-refractivity contribution < 1.29 is 24.1 Å². The molecule has 6 nitrogen and oxygen atoms in total. The minimum absolute atomic E-state index is 0.293. The highest BCUT2D eigenvalue weighted by Gasteiger charge is 2.28. The van der Waals surface area contributed by atoms with E-state index < -0.39 is 6.10 Å². The van der Waals surface area contributed by atoms with Gasteiger partial charge in [0.2, 0.25) is 0 Å². The molecule has 0 aliphatic carbocycles. The number of ether oxygens (including phenoxy) is 3. The Labute approximate surface area is 101 Å². The van der Waals surface area contributed by atoms with Gasteiger partial charge in [-0.25, -0.2) is 0 Å². The molecule has 1 rings (SSSR count). The summed E-state index contributed by atoms with van der Waals surface area (Å²) in [6.45, 7) is 2.49. The lowest BCUT2D eigenvalue weighted by Crippen LogP contribution is -2.32. The first-order valence-electron chi connectivity index (χ1n) is 5.89. The standard InChI is InChI=1S/C11H21NO5/c1-15-5-6-16-3-2-4-17-11(14)10-7-9(13)8-12-10/h9-10,12-13H,2-8H2,1H3/t9-,10+/m1/s1. The molecule has 0 saturated carbocycles. The highest BCUT2D eigenvalue weighted by molar-refractivity contribution is 5.76.